The molecule has 0 spiro atoms. The summed E-state index contributed by atoms with van der Waals surface area (Å²) in [5.74, 6) is 1.64. The molecule has 3 amide bonds. The second-order valence-electron chi connectivity index (χ2n) is 18.9. The molecule has 0 N–H and O–H groups in total. The van der Waals surface area contributed by atoms with E-state index in [-0.39, 0.29) is 25.1 Å². The molecule has 9 heteroatoms. The third-order valence-corrected chi connectivity index (χ3v) is 14.1. The van der Waals surface area contributed by atoms with Crippen LogP contribution in [0.15, 0.2) is 95.1 Å². The number of hydrogen-bond donors (Lipinski definition) is 0. The van der Waals surface area contributed by atoms with Gasteiger partial charge in [-0.25, -0.2) is 4.79 Å². The van der Waals surface area contributed by atoms with Gasteiger partial charge in [0.15, 0.2) is 0 Å². The van der Waals surface area contributed by atoms with E-state index in [1.54, 1.807) is 7.11 Å². The van der Waals surface area contributed by atoms with Crippen molar-refractivity contribution in [3.05, 3.63) is 106 Å². The molecule has 1 saturated carbocycles. The molecule has 1 aliphatic carbocycles. The van der Waals surface area contributed by atoms with Gasteiger partial charge in [-0.05, 0) is 105 Å². The van der Waals surface area contributed by atoms with Crippen molar-refractivity contribution in [3.63, 3.8) is 0 Å². The Bertz CT molecular complexity index is 2800. The number of allylic oxidation sites excluding steroid dienone is 5. The zero-order valence-corrected chi connectivity index (χ0v) is 41.9. The quantitative estimate of drug-likeness (QED) is 0.0501. The molecule has 0 bridgehead atoms. The van der Waals surface area contributed by atoms with E-state index in [1.165, 1.54) is 37.5 Å². The molecule has 360 valence electrons. The van der Waals surface area contributed by atoms with Gasteiger partial charge < -0.3 is 28.2 Å². The maximum Gasteiger partial charge on any atom is 0.327 e. The van der Waals surface area contributed by atoms with Crippen LogP contribution in [0, 0.1) is 0 Å². The highest BCUT2D eigenvalue weighted by Gasteiger charge is 2.41. The summed E-state index contributed by atoms with van der Waals surface area (Å²) in [7, 11) is 1.63. The summed E-state index contributed by atoms with van der Waals surface area (Å²) < 4.78 is 23.3. The van der Waals surface area contributed by atoms with Crippen LogP contribution < -0.4 is 20.2 Å². The van der Waals surface area contributed by atoms with Crippen molar-refractivity contribution in [3.8, 4) is 11.5 Å². The Kier molecular flexibility index (Phi) is 16.1. The molecule has 6 aromatic rings. The fourth-order valence-corrected chi connectivity index (χ4v) is 10.5. The summed E-state index contributed by atoms with van der Waals surface area (Å²) in [5.41, 5.74) is 6.30. The number of carbonyl (C=O) groups excluding carboxylic acids is 2. The molecule has 1 unspecified atom stereocenters. The SMILES string of the molecule is CCCCOc1ccc2c3c1cccc3c(=CC=C1CCC(=CC=c3c4cccc5c(OCCCC)ccc(c54)n3CCCC)C1=C1CN(CCCC)C(=O)N(C(C)COC)C1=O)n2CCCC. The summed E-state index contributed by atoms with van der Waals surface area (Å²) >= 11 is 0. The molecular formula is C59H74N4O5. The van der Waals surface area contributed by atoms with Crippen LogP contribution in [0.2, 0.25) is 0 Å². The van der Waals surface area contributed by atoms with Crippen LogP contribution >= 0.6 is 0 Å². The summed E-state index contributed by atoms with van der Waals surface area (Å²) in [6.07, 6.45) is 21.0. The molecule has 0 radical (unpaired) electrons. The number of rotatable bonds is 22. The lowest BCUT2D eigenvalue weighted by Crippen LogP contribution is -2.57. The predicted octanol–water partition coefficient (Wildman–Crippen LogP) is 12.6. The highest BCUT2D eigenvalue weighted by molar-refractivity contribution is 6.14. The molecule has 1 aliphatic heterocycles. The average Bonchev–Trinajstić information content (AvgIpc) is 4.00. The van der Waals surface area contributed by atoms with E-state index < -0.39 is 6.04 Å². The number of nitrogens with zero attached hydrogens (tertiary/aromatic N) is 4. The number of methoxy groups -OCH3 is 1. The van der Waals surface area contributed by atoms with Gasteiger partial charge in [0.1, 0.15) is 11.5 Å². The second-order valence-corrected chi connectivity index (χ2v) is 18.9. The first-order valence-electron chi connectivity index (χ1n) is 25.9. The van der Waals surface area contributed by atoms with Gasteiger partial charge in [0.2, 0.25) is 0 Å². The number of aromatic nitrogens is 2. The first-order valence-corrected chi connectivity index (χ1v) is 25.9. The van der Waals surface area contributed by atoms with Gasteiger partial charge in [-0.2, -0.15) is 0 Å². The first kappa shape index (κ1) is 48.6. The number of carbonyl (C=O) groups is 2. The van der Waals surface area contributed by atoms with Crippen LogP contribution in [0.25, 0.3) is 55.5 Å². The normalized spacial score (nSPS) is 17.1. The molecule has 1 atom stereocenters. The Labute approximate surface area is 403 Å². The van der Waals surface area contributed by atoms with Crippen molar-refractivity contribution in [2.45, 2.75) is 138 Å². The van der Waals surface area contributed by atoms with E-state index >= 15 is 4.79 Å². The predicted molar refractivity (Wildman–Crippen MR) is 281 cm³/mol. The number of imide groups is 1. The molecule has 3 heterocycles. The van der Waals surface area contributed by atoms with E-state index in [1.807, 2.05) is 11.8 Å². The lowest BCUT2D eigenvalue weighted by Gasteiger charge is -2.39. The largest absolute Gasteiger partial charge is 0.493 e. The van der Waals surface area contributed by atoms with Crippen LogP contribution in [0.4, 0.5) is 4.79 Å². The number of hydrogen-bond acceptors (Lipinski definition) is 5. The van der Waals surface area contributed by atoms with Crippen molar-refractivity contribution in [2.24, 2.45) is 0 Å². The van der Waals surface area contributed by atoms with Gasteiger partial charge in [-0.1, -0.05) is 115 Å². The standard InChI is InChI=1S/C59H74N4O5/c1-8-13-34-60-39-48(58(64)63(59(60)65)41(6)40-66-7)55-42(26-28-49-44-20-18-22-46-53(67-37-16-11-4)32-30-51(56(44)46)61(49)35-14-9-2)24-25-43(55)27-29-50-45-21-19-23-47-54(68-38-17-12-5)33-31-52(57(45)47)62(50)36-15-10-3/h18-23,26-33,41H,8-17,24-25,34-40H2,1-7H3. The van der Waals surface area contributed by atoms with Crippen LogP contribution in [-0.4, -0.2) is 76.9 Å². The van der Waals surface area contributed by atoms with Crippen LogP contribution in [-0.2, 0) is 22.6 Å². The zero-order valence-electron chi connectivity index (χ0n) is 41.9. The summed E-state index contributed by atoms with van der Waals surface area (Å²) in [5, 5.41) is 9.46. The molecule has 2 aromatic heterocycles. The van der Waals surface area contributed by atoms with Crippen LogP contribution in [0.1, 0.15) is 119 Å². The fraction of sp³-hybridized carbons (Fsp3) is 0.458. The van der Waals surface area contributed by atoms with Gasteiger partial charge in [-0.3, -0.25) is 9.69 Å². The number of benzene rings is 4. The molecule has 68 heavy (non-hydrogen) atoms. The van der Waals surface area contributed by atoms with Gasteiger partial charge in [0, 0.05) is 86.4 Å². The Balaban J connectivity index is 1.35. The number of aryl methyl sites for hydroxylation is 2. The third-order valence-electron chi connectivity index (χ3n) is 14.1. The summed E-state index contributed by atoms with van der Waals surface area (Å²) in [6.45, 7) is 17.2. The van der Waals surface area contributed by atoms with Crippen molar-refractivity contribution < 1.29 is 23.8 Å². The van der Waals surface area contributed by atoms with Crippen molar-refractivity contribution in [1.29, 1.82) is 0 Å². The van der Waals surface area contributed by atoms with Crippen LogP contribution in [0.3, 0.4) is 0 Å². The number of ether oxygens (including phenoxy) is 3. The van der Waals surface area contributed by atoms with Crippen LogP contribution in [0.5, 0.6) is 11.5 Å². The minimum Gasteiger partial charge on any atom is -0.493 e. The number of urea groups is 1. The molecule has 4 aromatic carbocycles. The van der Waals surface area contributed by atoms with E-state index in [2.05, 4.69) is 129 Å². The van der Waals surface area contributed by atoms with E-state index in [0.717, 1.165) is 140 Å². The molecular weight excluding hydrogens is 845 g/mol. The van der Waals surface area contributed by atoms with Gasteiger partial charge in [0.05, 0.1) is 32.4 Å². The summed E-state index contributed by atoms with van der Waals surface area (Å²) in [6, 6.07) is 21.3. The van der Waals surface area contributed by atoms with E-state index in [9.17, 15) is 4.79 Å². The molecule has 1 saturated heterocycles. The lowest BCUT2D eigenvalue weighted by molar-refractivity contribution is -0.129. The fourth-order valence-electron chi connectivity index (χ4n) is 10.5. The smallest absolute Gasteiger partial charge is 0.327 e. The monoisotopic (exact) mass is 919 g/mol. The van der Waals surface area contributed by atoms with Crippen molar-refractivity contribution >= 4 is 67.4 Å². The lowest BCUT2D eigenvalue weighted by atomic mass is 9.95. The Morgan fingerprint density at radius 1 is 0.588 bits per heavy atom. The first-order chi connectivity index (χ1) is 33.3. The molecule has 2 fully saturated rings. The topological polar surface area (TPSA) is 78.2 Å². The third kappa shape index (κ3) is 9.61. The maximum absolute atomic E-state index is 15.1. The van der Waals surface area contributed by atoms with Gasteiger partial charge in [0.25, 0.3) is 5.91 Å². The van der Waals surface area contributed by atoms with E-state index in [4.69, 9.17) is 14.2 Å². The van der Waals surface area contributed by atoms with E-state index in [0.29, 0.717) is 25.3 Å². The average molecular weight is 919 g/mol. The number of amides is 3. The Morgan fingerprint density at radius 3 is 1.53 bits per heavy atom. The van der Waals surface area contributed by atoms with Gasteiger partial charge in [-0.15, -0.1) is 0 Å². The summed E-state index contributed by atoms with van der Waals surface area (Å²) in [4.78, 5) is 32.6. The Morgan fingerprint density at radius 2 is 1.06 bits per heavy atom. The highest BCUT2D eigenvalue weighted by atomic mass is 16.5. The number of unbranched alkanes of at least 4 members (excludes halogenated alkanes) is 5. The van der Waals surface area contributed by atoms with Gasteiger partial charge >= 0.3 is 6.03 Å². The second kappa shape index (κ2) is 22.5. The maximum atomic E-state index is 15.1. The molecule has 8 rings (SSSR count). The minimum atomic E-state index is -0.425. The highest BCUT2D eigenvalue weighted by Crippen LogP contribution is 2.41. The minimum absolute atomic E-state index is 0.224. The molecule has 9 nitrogen and oxygen atoms in total. The van der Waals surface area contributed by atoms with Crippen molar-refractivity contribution in [1.82, 2.24) is 18.9 Å². The molecule has 2 aliphatic rings. The Hall–Kier alpha value is -5.80. The zero-order chi connectivity index (χ0) is 47.7. The van der Waals surface area contributed by atoms with Crippen molar-refractivity contribution in [2.75, 3.05) is 40.0 Å².